The summed E-state index contributed by atoms with van der Waals surface area (Å²) in [5.74, 6) is 0.593. The van der Waals surface area contributed by atoms with Crippen molar-refractivity contribution in [3.63, 3.8) is 0 Å². The molecule has 98 valence electrons. The first kappa shape index (κ1) is 13.2. The van der Waals surface area contributed by atoms with Gasteiger partial charge in [0, 0.05) is 40.2 Å². The van der Waals surface area contributed by atoms with Crippen LogP contribution in [0.4, 0.5) is 0 Å². The van der Waals surface area contributed by atoms with Gasteiger partial charge in [0.05, 0.1) is 0 Å². The van der Waals surface area contributed by atoms with Gasteiger partial charge < -0.3 is 4.90 Å². The van der Waals surface area contributed by atoms with E-state index in [-0.39, 0.29) is 5.92 Å². The molecular formula is C13H23NO2S. The molecule has 3 nitrogen and oxygen atoms in total. The number of ketones is 1. The van der Waals surface area contributed by atoms with E-state index in [4.69, 9.17) is 0 Å². The minimum atomic E-state index is -0.649. The van der Waals surface area contributed by atoms with Gasteiger partial charge in [-0.15, -0.1) is 0 Å². The molecule has 2 saturated heterocycles. The number of hydrogen-bond acceptors (Lipinski definition) is 3. The first-order valence-electron chi connectivity index (χ1n) is 6.64. The van der Waals surface area contributed by atoms with Crippen LogP contribution in [-0.4, -0.2) is 46.0 Å². The molecule has 2 heterocycles. The van der Waals surface area contributed by atoms with Crippen LogP contribution in [0.3, 0.4) is 0 Å². The Morgan fingerprint density at radius 1 is 1.24 bits per heavy atom. The number of nitrogens with zero attached hydrogens (tertiary/aromatic N) is 1. The number of fused-ring (bicyclic) bond motifs is 2. The molecule has 2 atom stereocenters. The molecule has 0 aromatic carbocycles. The van der Waals surface area contributed by atoms with Crippen LogP contribution >= 0.6 is 0 Å². The SMILES string of the molecule is CN(C)CCC(=O)C1CC2CCCC(C1)S2=O. The van der Waals surface area contributed by atoms with E-state index >= 15 is 0 Å². The maximum atomic E-state index is 12.1. The maximum absolute atomic E-state index is 12.1. The highest BCUT2D eigenvalue weighted by molar-refractivity contribution is 7.86. The molecule has 2 fully saturated rings. The van der Waals surface area contributed by atoms with Crippen molar-refractivity contribution in [3.8, 4) is 0 Å². The number of carbonyl (C=O) groups excluding carboxylic acids is 1. The lowest BCUT2D eigenvalue weighted by molar-refractivity contribution is -0.123. The third kappa shape index (κ3) is 3.16. The Morgan fingerprint density at radius 2 is 1.82 bits per heavy atom. The average molecular weight is 257 g/mol. The molecule has 2 unspecified atom stereocenters. The Kier molecular flexibility index (Phi) is 4.36. The fraction of sp³-hybridized carbons (Fsp3) is 0.923. The second-order valence-electron chi connectivity index (χ2n) is 5.69. The number of Topliss-reactive ketones (excluding diaryl/α,β-unsaturated/α-hetero) is 1. The zero-order valence-corrected chi connectivity index (χ0v) is 11.7. The highest BCUT2D eigenvalue weighted by atomic mass is 32.2. The Hall–Kier alpha value is -0.220. The highest BCUT2D eigenvalue weighted by Crippen LogP contribution is 2.37. The topological polar surface area (TPSA) is 37.4 Å². The molecule has 0 aromatic rings. The third-order valence-corrected chi connectivity index (χ3v) is 6.24. The van der Waals surface area contributed by atoms with Gasteiger partial charge in [0.2, 0.25) is 0 Å². The van der Waals surface area contributed by atoms with Crippen molar-refractivity contribution < 1.29 is 9.00 Å². The van der Waals surface area contributed by atoms with Gasteiger partial charge in [-0.1, -0.05) is 6.42 Å². The highest BCUT2D eigenvalue weighted by Gasteiger charge is 2.39. The standard InChI is InChI=1S/C13H23NO2S/c1-14(2)7-6-13(15)10-8-11-4-3-5-12(9-10)17(11)16/h10-12H,3-9H2,1-2H3. The van der Waals surface area contributed by atoms with E-state index < -0.39 is 10.8 Å². The lowest BCUT2D eigenvalue weighted by Crippen LogP contribution is -2.41. The molecule has 0 N–H and O–H groups in total. The summed E-state index contributed by atoms with van der Waals surface area (Å²) in [6, 6.07) is 0. The van der Waals surface area contributed by atoms with Crippen LogP contribution in [0, 0.1) is 5.92 Å². The molecule has 0 aliphatic carbocycles. The van der Waals surface area contributed by atoms with E-state index in [1.807, 2.05) is 14.1 Å². The summed E-state index contributed by atoms with van der Waals surface area (Å²) >= 11 is 0. The van der Waals surface area contributed by atoms with Crippen molar-refractivity contribution in [2.24, 2.45) is 5.92 Å². The molecule has 2 aliphatic rings. The number of carbonyl (C=O) groups is 1. The molecule has 2 bridgehead atoms. The van der Waals surface area contributed by atoms with Crippen LogP contribution in [0.25, 0.3) is 0 Å². The summed E-state index contributed by atoms with van der Waals surface area (Å²) in [5.41, 5.74) is 0. The Morgan fingerprint density at radius 3 is 2.35 bits per heavy atom. The van der Waals surface area contributed by atoms with Crippen LogP contribution in [0.5, 0.6) is 0 Å². The zero-order valence-electron chi connectivity index (χ0n) is 10.9. The molecule has 0 spiro atoms. The predicted octanol–water partition coefficient (Wildman–Crippen LogP) is 1.59. The van der Waals surface area contributed by atoms with Crippen LogP contribution in [0.2, 0.25) is 0 Å². The monoisotopic (exact) mass is 257 g/mol. The second-order valence-corrected chi connectivity index (χ2v) is 7.68. The second kappa shape index (κ2) is 5.61. The predicted molar refractivity (Wildman–Crippen MR) is 70.5 cm³/mol. The van der Waals surface area contributed by atoms with Gasteiger partial charge in [-0.25, -0.2) is 0 Å². The van der Waals surface area contributed by atoms with Gasteiger partial charge in [0.25, 0.3) is 0 Å². The van der Waals surface area contributed by atoms with Gasteiger partial charge >= 0.3 is 0 Å². The molecule has 0 saturated carbocycles. The summed E-state index contributed by atoms with van der Waals surface area (Å²) in [6.45, 7) is 0.841. The number of rotatable bonds is 4. The summed E-state index contributed by atoms with van der Waals surface area (Å²) in [6.07, 6.45) is 5.77. The van der Waals surface area contributed by atoms with Crippen LogP contribution < -0.4 is 0 Å². The lowest BCUT2D eigenvalue weighted by Gasteiger charge is -2.37. The van der Waals surface area contributed by atoms with Crippen LogP contribution in [-0.2, 0) is 15.6 Å². The van der Waals surface area contributed by atoms with Gasteiger partial charge in [-0.05, 0) is 39.8 Å². The Balaban J connectivity index is 1.90. The largest absolute Gasteiger partial charge is 0.309 e. The molecule has 2 rings (SSSR count). The van der Waals surface area contributed by atoms with E-state index in [1.54, 1.807) is 0 Å². The number of hydrogen-bond donors (Lipinski definition) is 0. The van der Waals surface area contributed by atoms with Crippen molar-refractivity contribution in [1.82, 2.24) is 4.90 Å². The summed E-state index contributed by atoms with van der Waals surface area (Å²) in [7, 11) is 3.35. The summed E-state index contributed by atoms with van der Waals surface area (Å²) in [5, 5.41) is 0.631. The lowest BCUT2D eigenvalue weighted by atomic mass is 9.85. The van der Waals surface area contributed by atoms with Gasteiger partial charge in [-0.2, -0.15) is 0 Å². The Labute approximate surface area is 106 Å². The fourth-order valence-corrected chi connectivity index (χ4v) is 5.22. The van der Waals surface area contributed by atoms with Crippen LogP contribution in [0.15, 0.2) is 0 Å². The fourth-order valence-electron chi connectivity index (χ4n) is 3.03. The van der Waals surface area contributed by atoms with Crippen molar-refractivity contribution in [3.05, 3.63) is 0 Å². The van der Waals surface area contributed by atoms with E-state index in [9.17, 15) is 9.00 Å². The quantitative estimate of drug-likeness (QED) is 0.767. The normalized spacial score (nSPS) is 37.1. The van der Waals surface area contributed by atoms with Gasteiger partial charge in [0.15, 0.2) is 0 Å². The van der Waals surface area contributed by atoms with E-state index in [2.05, 4.69) is 4.90 Å². The smallest absolute Gasteiger partial charge is 0.137 e. The van der Waals surface area contributed by atoms with Crippen molar-refractivity contribution in [2.75, 3.05) is 20.6 Å². The van der Waals surface area contributed by atoms with E-state index in [1.165, 1.54) is 6.42 Å². The Bertz CT molecular complexity index is 301. The molecule has 0 aromatic heterocycles. The molecule has 0 amide bonds. The van der Waals surface area contributed by atoms with Crippen LogP contribution in [0.1, 0.15) is 38.5 Å². The van der Waals surface area contributed by atoms with Gasteiger partial charge in [0.1, 0.15) is 5.78 Å². The summed E-state index contributed by atoms with van der Waals surface area (Å²) < 4.78 is 12.0. The molecular weight excluding hydrogens is 234 g/mol. The van der Waals surface area contributed by atoms with E-state index in [0.29, 0.717) is 22.7 Å². The molecule has 4 heteroatoms. The van der Waals surface area contributed by atoms with Crippen molar-refractivity contribution in [2.45, 2.75) is 49.0 Å². The van der Waals surface area contributed by atoms with Crippen molar-refractivity contribution >= 4 is 16.6 Å². The third-order valence-electron chi connectivity index (χ3n) is 4.06. The average Bonchev–Trinajstić information content (AvgIpc) is 2.25. The van der Waals surface area contributed by atoms with Crippen molar-refractivity contribution in [1.29, 1.82) is 0 Å². The minimum Gasteiger partial charge on any atom is -0.309 e. The van der Waals surface area contributed by atoms with E-state index in [0.717, 1.165) is 32.2 Å². The minimum absolute atomic E-state index is 0.197. The molecule has 0 radical (unpaired) electrons. The first-order chi connectivity index (χ1) is 8.08. The molecule has 17 heavy (non-hydrogen) atoms. The maximum Gasteiger partial charge on any atom is 0.137 e. The molecule has 2 aliphatic heterocycles. The zero-order chi connectivity index (χ0) is 12.4. The van der Waals surface area contributed by atoms with Gasteiger partial charge in [-0.3, -0.25) is 9.00 Å². The summed E-state index contributed by atoms with van der Waals surface area (Å²) in [4.78, 5) is 14.2. The first-order valence-corrected chi connectivity index (χ1v) is 7.92.